The number of nitrogens with zero attached hydrogens (tertiary/aromatic N) is 3. The van der Waals surface area contributed by atoms with Crippen LogP contribution in [-0.2, 0) is 9.59 Å². The minimum atomic E-state index is -1.06. The van der Waals surface area contributed by atoms with Gasteiger partial charge in [-0.15, -0.1) is 0 Å². The van der Waals surface area contributed by atoms with Gasteiger partial charge in [0.1, 0.15) is 17.5 Å². The second-order valence-corrected chi connectivity index (χ2v) is 9.56. The van der Waals surface area contributed by atoms with Crippen LogP contribution in [0.2, 0.25) is 0 Å². The van der Waals surface area contributed by atoms with Gasteiger partial charge < -0.3 is 19.5 Å². The average Bonchev–Trinajstić information content (AvgIpc) is 3.22. The largest absolute Gasteiger partial charge is 0.496 e. The maximum atomic E-state index is 13.8. The van der Waals surface area contributed by atoms with Crippen molar-refractivity contribution in [3.63, 3.8) is 0 Å². The fraction of sp³-hybridized carbons (Fsp3) is 0.286. The van der Waals surface area contributed by atoms with Crippen molar-refractivity contribution in [2.45, 2.75) is 26.8 Å². The summed E-state index contributed by atoms with van der Waals surface area (Å²) in [6, 6.07) is 13.5. The molecule has 2 heterocycles. The lowest BCUT2D eigenvalue weighted by Crippen LogP contribution is -2.43. The summed E-state index contributed by atoms with van der Waals surface area (Å²) in [5.74, 6) is -0.242. The normalized spacial score (nSPS) is 15.1. The molecule has 1 aliphatic heterocycles. The number of allylic oxidation sites excluding steroid dienone is 1. The number of fused-ring (bicyclic) bond motifs is 1. The summed E-state index contributed by atoms with van der Waals surface area (Å²) < 4.78 is 12.8. The summed E-state index contributed by atoms with van der Waals surface area (Å²) in [6.07, 6.45) is 1.75. The second kappa shape index (κ2) is 11.5. The van der Waals surface area contributed by atoms with E-state index in [2.05, 4.69) is 4.99 Å². The number of benzene rings is 2. The lowest BCUT2D eigenvalue weighted by molar-refractivity contribution is -0.139. The van der Waals surface area contributed by atoms with Gasteiger partial charge in [0.05, 0.1) is 22.9 Å². The minimum absolute atomic E-state index is 0.168. The highest BCUT2D eigenvalue weighted by Gasteiger charge is 2.35. The molecular weight excluding hydrogens is 506 g/mol. The summed E-state index contributed by atoms with van der Waals surface area (Å²) in [5, 5.41) is 8.79. The molecule has 10 heteroatoms. The first-order chi connectivity index (χ1) is 18.3. The van der Waals surface area contributed by atoms with Crippen molar-refractivity contribution in [3.8, 4) is 11.5 Å². The summed E-state index contributed by atoms with van der Waals surface area (Å²) >= 11 is 1.24. The van der Waals surface area contributed by atoms with Crippen molar-refractivity contribution in [1.29, 1.82) is 0 Å². The third kappa shape index (κ3) is 5.26. The van der Waals surface area contributed by atoms with Gasteiger partial charge in [0.25, 0.3) is 11.5 Å². The smallest absolute Gasteiger partial charge is 0.341 e. The number of carboxylic acids is 1. The predicted octanol–water partition coefficient (Wildman–Crippen LogP) is 2.58. The molecule has 1 atom stereocenters. The number of thiazole rings is 1. The Hall–Kier alpha value is -4.18. The van der Waals surface area contributed by atoms with E-state index in [0.29, 0.717) is 50.8 Å². The number of hydrogen-bond acceptors (Lipinski definition) is 7. The third-order valence-corrected chi connectivity index (χ3v) is 7.26. The molecule has 0 aliphatic carbocycles. The van der Waals surface area contributed by atoms with Crippen molar-refractivity contribution < 1.29 is 24.2 Å². The molecule has 38 heavy (non-hydrogen) atoms. The minimum Gasteiger partial charge on any atom is -0.496 e. The molecule has 9 nitrogen and oxygen atoms in total. The first-order valence-electron chi connectivity index (χ1n) is 12.2. The highest BCUT2D eigenvalue weighted by molar-refractivity contribution is 7.07. The Balaban J connectivity index is 1.87. The molecule has 0 saturated heterocycles. The molecule has 0 spiro atoms. The molecule has 1 aliphatic rings. The molecule has 0 fully saturated rings. The monoisotopic (exact) mass is 535 g/mol. The van der Waals surface area contributed by atoms with E-state index in [4.69, 9.17) is 14.6 Å². The highest BCUT2D eigenvalue weighted by Crippen LogP contribution is 2.36. The number of likely N-dealkylation sites (N-methyl/N-ethyl adjacent to an activating group) is 1. The number of methoxy groups -OCH3 is 1. The van der Waals surface area contributed by atoms with Crippen LogP contribution in [0.5, 0.6) is 11.5 Å². The van der Waals surface area contributed by atoms with E-state index < -0.39 is 18.6 Å². The van der Waals surface area contributed by atoms with Crippen LogP contribution in [-0.4, -0.2) is 53.3 Å². The molecular formula is C28H29N3O6S. The van der Waals surface area contributed by atoms with Gasteiger partial charge in [-0.25, -0.2) is 9.79 Å². The van der Waals surface area contributed by atoms with E-state index in [-0.39, 0.29) is 11.5 Å². The third-order valence-electron chi connectivity index (χ3n) is 6.28. The van der Waals surface area contributed by atoms with E-state index in [0.717, 1.165) is 5.56 Å². The molecule has 0 unspecified atom stereocenters. The van der Waals surface area contributed by atoms with Crippen molar-refractivity contribution in [3.05, 3.63) is 90.6 Å². The number of carboxylic acid groups (broad SMARTS) is 1. The lowest BCUT2D eigenvalue weighted by atomic mass is 9.94. The molecule has 1 amide bonds. The predicted molar refractivity (Wildman–Crippen MR) is 144 cm³/mol. The van der Waals surface area contributed by atoms with Gasteiger partial charge in [0, 0.05) is 18.7 Å². The van der Waals surface area contributed by atoms with Gasteiger partial charge >= 0.3 is 5.97 Å². The van der Waals surface area contributed by atoms with Crippen LogP contribution in [0, 0.1) is 0 Å². The number of carbonyl (C=O) groups is 2. The maximum Gasteiger partial charge on any atom is 0.341 e. The number of rotatable bonds is 9. The van der Waals surface area contributed by atoms with Gasteiger partial charge in [-0.1, -0.05) is 41.7 Å². The van der Waals surface area contributed by atoms with E-state index in [1.165, 1.54) is 11.3 Å². The number of para-hydroxylation sites is 1. The van der Waals surface area contributed by atoms with Crippen LogP contribution in [0.15, 0.2) is 69.6 Å². The molecule has 198 valence electrons. The number of aromatic nitrogens is 1. The van der Waals surface area contributed by atoms with Crippen LogP contribution < -0.4 is 24.4 Å². The Morgan fingerprint density at radius 3 is 2.45 bits per heavy atom. The fourth-order valence-electron chi connectivity index (χ4n) is 4.42. The van der Waals surface area contributed by atoms with E-state index in [9.17, 15) is 14.4 Å². The fourth-order valence-corrected chi connectivity index (χ4v) is 5.47. The average molecular weight is 536 g/mol. The van der Waals surface area contributed by atoms with Crippen LogP contribution >= 0.6 is 11.3 Å². The van der Waals surface area contributed by atoms with Crippen molar-refractivity contribution >= 4 is 29.3 Å². The quantitative estimate of drug-likeness (QED) is 0.451. The van der Waals surface area contributed by atoms with E-state index in [1.807, 2.05) is 38.1 Å². The van der Waals surface area contributed by atoms with Gasteiger partial charge in [-0.2, -0.15) is 0 Å². The van der Waals surface area contributed by atoms with Gasteiger partial charge in [0.2, 0.25) is 0 Å². The zero-order chi connectivity index (χ0) is 27.4. The first-order valence-corrected chi connectivity index (χ1v) is 13.0. The summed E-state index contributed by atoms with van der Waals surface area (Å²) in [6.45, 7) is 6.26. The number of carbonyl (C=O) groups excluding carboxylic acids is 1. The Morgan fingerprint density at radius 1 is 1.13 bits per heavy atom. The number of aliphatic carboxylic acids is 1. The van der Waals surface area contributed by atoms with Crippen molar-refractivity contribution in [2.75, 3.05) is 26.8 Å². The second-order valence-electron chi connectivity index (χ2n) is 8.55. The van der Waals surface area contributed by atoms with Crippen molar-refractivity contribution in [2.24, 2.45) is 4.99 Å². The van der Waals surface area contributed by atoms with Crippen LogP contribution in [0.3, 0.4) is 0 Å². The molecule has 1 N–H and O–H groups in total. The van der Waals surface area contributed by atoms with Gasteiger partial charge in [-0.05, 0) is 50.6 Å². The Bertz CT molecular complexity index is 1560. The summed E-state index contributed by atoms with van der Waals surface area (Å²) in [5.41, 5.74) is 2.17. The number of hydrogen-bond donors (Lipinski definition) is 1. The Kier molecular flexibility index (Phi) is 8.11. The summed E-state index contributed by atoms with van der Waals surface area (Å²) in [4.78, 5) is 45.2. The highest BCUT2D eigenvalue weighted by atomic mass is 32.1. The summed E-state index contributed by atoms with van der Waals surface area (Å²) in [7, 11) is 1.56. The van der Waals surface area contributed by atoms with Crippen molar-refractivity contribution in [1.82, 2.24) is 9.47 Å². The first kappa shape index (κ1) is 26.9. The number of amides is 1. The maximum absolute atomic E-state index is 13.8. The zero-order valence-electron chi connectivity index (χ0n) is 21.6. The SMILES string of the molecule is CCN(CC)C(=O)C1=C(C)N=c2s/c(=C/c3ccc(OCC(=O)O)cc3)c(=O)n2[C@H]1c1ccccc1OC. The van der Waals surface area contributed by atoms with Crippen LogP contribution in [0.1, 0.15) is 37.9 Å². The van der Waals surface area contributed by atoms with Crippen LogP contribution in [0.25, 0.3) is 6.08 Å². The van der Waals surface area contributed by atoms with Gasteiger partial charge in [-0.3, -0.25) is 14.2 Å². The molecule has 3 aromatic rings. The number of ether oxygens (including phenoxy) is 2. The Morgan fingerprint density at radius 2 is 1.82 bits per heavy atom. The van der Waals surface area contributed by atoms with E-state index >= 15 is 0 Å². The zero-order valence-corrected chi connectivity index (χ0v) is 22.4. The molecule has 0 bridgehead atoms. The molecule has 0 saturated carbocycles. The molecule has 0 radical (unpaired) electrons. The lowest BCUT2D eigenvalue weighted by Gasteiger charge is -2.29. The standard InChI is InChI=1S/C28H29N3O6S/c1-5-30(6-2)27(35)24-17(3)29-28-31(25(24)20-9-7-8-10-21(20)36-4)26(34)22(38-28)15-18-11-13-19(14-12-18)37-16-23(32)33/h7-15,25H,5-6,16H2,1-4H3,(H,32,33)/b22-15+/t25-/m0/s1. The van der Waals surface area contributed by atoms with Gasteiger partial charge in [0.15, 0.2) is 11.4 Å². The molecule has 4 rings (SSSR count). The Labute approximate surface area is 223 Å². The van der Waals surface area contributed by atoms with Crippen LogP contribution in [0.4, 0.5) is 0 Å². The topological polar surface area (TPSA) is 110 Å². The molecule has 2 aromatic carbocycles. The molecule has 1 aromatic heterocycles. The van der Waals surface area contributed by atoms with E-state index in [1.54, 1.807) is 53.8 Å².